The minimum Gasteiger partial charge on any atom is -0.496 e. The number of hydrogen-bond donors (Lipinski definition) is 1. The molecule has 1 aliphatic heterocycles. The highest BCUT2D eigenvalue weighted by Gasteiger charge is 2.14. The van der Waals surface area contributed by atoms with Gasteiger partial charge >= 0.3 is 0 Å². The number of nitrogens with zero attached hydrogens (tertiary/aromatic N) is 1. The van der Waals surface area contributed by atoms with Crippen molar-refractivity contribution in [3.8, 4) is 5.75 Å². The van der Waals surface area contributed by atoms with Gasteiger partial charge in [0.1, 0.15) is 5.75 Å². The van der Waals surface area contributed by atoms with Gasteiger partial charge in [0.15, 0.2) is 5.78 Å². The number of carbonyl (C=O) groups excluding carboxylic acids is 1. The third-order valence-corrected chi connectivity index (χ3v) is 3.52. The van der Waals surface area contributed by atoms with Gasteiger partial charge in [-0.3, -0.25) is 9.69 Å². The Morgan fingerprint density at radius 3 is 2.95 bits per heavy atom. The lowest BCUT2D eigenvalue weighted by molar-refractivity contribution is 0.0935. The molecule has 1 aromatic rings. The van der Waals surface area contributed by atoms with E-state index in [1.54, 1.807) is 7.11 Å². The van der Waals surface area contributed by atoms with Crippen LogP contribution in [0.1, 0.15) is 22.3 Å². The average molecular weight is 262 g/mol. The van der Waals surface area contributed by atoms with Crippen LogP contribution in [0.5, 0.6) is 5.75 Å². The van der Waals surface area contributed by atoms with Crippen molar-refractivity contribution in [3.63, 3.8) is 0 Å². The molecule has 1 aliphatic rings. The minimum atomic E-state index is 0.188. The van der Waals surface area contributed by atoms with E-state index in [0.29, 0.717) is 6.54 Å². The van der Waals surface area contributed by atoms with Crippen LogP contribution in [0.3, 0.4) is 0 Å². The van der Waals surface area contributed by atoms with Crippen LogP contribution in [0.4, 0.5) is 0 Å². The zero-order valence-corrected chi connectivity index (χ0v) is 11.7. The Kier molecular flexibility index (Phi) is 4.93. The summed E-state index contributed by atoms with van der Waals surface area (Å²) in [5.41, 5.74) is 1.78. The van der Waals surface area contributed by atoms with Crippen LogP contribution in [-0.4, -0.2) is 50.5 Å². The van der Waals surface area contributed by atoms with E-state index in [9.17, 15) is 4.79 Å². The number of rotatable bonds is 4. The largest absolute Gasteiger partial charge is 0.496 e. The SMILES string of the molecule is COc1ccc(C(=O)CN2CCCNCC2)cc1C. The molecule has 104 valence electrons. The summed E-state index contributed by atoms with van der Waals surface area (Å²) in [4.78, 5) is 14.5. The summed E-state index contributed by atoms with van der Waals surface area (Å²) in [5, 5.41) is 3.34. The zero-order valence-electron chi connectivity index (χ0n) is 11.7. The quantitative estimate of drug-likeness (QED) is 0.835. The standard InChI is InChI=1S/C15H22N2O2/c1-12-10-13(4-5-15(12)19-2)14(18)11-17-8-3-6-16-7-9-17/h4-5,10,16H,3,6-9,11H2,1-2H3. The fourth-order valence-corrected chi connectivity index (χ4v) is 2.41. The molecule has 19 heavy (non-hydrogen) atoms. The summed E-state index contributed by atoms with van der Waals surface area (Å²) in [6.07, 6.45) is 1.11. The van der Waals surface area contributed by atoms with Crippen molar-refractivity contribution in [1.29, 1.82) is 0 Å². The molecule has 0 aliphatic carbocycles. The molecule has 0 spiro atoms. The highest BCUT2D eigenvalue weighted by atomic mass is 16.5. The monoisotopic (exact) mass is 262 g/mol. The van der Waals surface area contributed by atoms with Crippen molar-refractivity contribution in [1.82, 2.24) is 10.2 Å². The summed E-state index contributed by atoms with van der Waals surface area (Å²) >= 11 is 0. The van der Waals surface area contributed by atoms with Crippen molar-refractivity contribution in [2.45, 2.75) is 13.3 Å². The van der Waals surface area contributed by atoms with Crippen LogP contribution in [0.25, 0.3) is 0 Å². The first kappa shape index (κ1) is 14.0. The topological polar surface area (TPSA) is 41.6 Å². The molecule has 1 N–H and O–H groups in total. The fraction of sp³-hybridized carbons (Fsp3) is 0.533. The molecule has 0 bridgehead atoms. The van der Waals surface area contributed by atoms with Gasteiger partial charge in [-0.15, -0.1) is 0 Å². The Bertz CT molecular complexity index is 438. The van der Waals surface area contributed by atoms with Gasteiger partial charge in [-0.25, -0.2) is 0 Å². The van der Waals surface area contributed by atoms with E-state index in [4.69, 9.17) is 4.74 Å². The number of hydrogen-bond acceptors (Lipinski definition) is 4. The van der Waals surface area contributed by atoms with Crippen LogP contribution >= 0.6 is 0 Å². The molecular formula is C15H22N2O2. The highest BCUT2D eigenvalue weighted by Crippen LogP contribution is 2.19. The van der Waals surface area contributed by atoms with Crippen molar-refractivity contribution in [2.75, 3.05) is 39.8 Å². The normalized spacial score (nSPS) is 16.9. The van der Waals surface area contributed by atoms with E-state index in [0.717, 1.165) is 49.5 Å². The summed E-state index contributed by atoms with van der Waals surface area (Å²) in [6.45, 7) is 6.43. The smallest absolute Gasteiger partial charge is 0.176 e. The van der Waals surface area contributed by atoms with Crippen LogP contribution in [0.2, 0.25) is 0 Å². The molecule has 2 rings (SSSR count). The number of benzene rings is 1. The molecule has 1 fully saturated rings. The summed E-state index contributed by atoms with van der Waals surface area (Å²) in [7, 11) is 1.65. The second-order valence-corrected chi connectivity index (χ2v) is 4.99. The molecule has 0 amide bonds. The van der Waals surface area contributed by atoms with Gasteiger partial charge in [0.05, 0.1) is 13.7 Å². The van der Waals surface area contributed by atoms with Gasteiger partial charge in [0, 0.05) is 18.7 Å². The first-order valence-corrected chi connectivity index (χ1v) is 6.81. The summed E-state index contributed by atoms with van der Waals surface area (Å²) < 4.78 is 5.22. The number of aryl methyl sites for hydroxylation is 1. The van der Waals surface area contributed by atoms with Crippen molar-refractivity contribution >= 4 is 5.78 Å². The Hall–Kier alpha value is -1.39. The van der Waals surface area contributed by atoms with E-state index in [1.807, 2.05) is 25.1 Å². The minimum absolute atomic E-state index is 0.188. The molecule has 1 heterocycles. The maximum Gasteiger partial charge on any atom is 0.176 e. The summed E-state index contributed by atoms with van der Waals surface area (Å²) in [6, 6.07) is 5.63. The maximum absolute atomic E-state index is 12.3. The van der Waals surface area contributed by atoms with Gasteiger partial charge in [0.2, 0.25) is 0 Å². The van der Waals surface area contributed by atoms with E-state index in [-0.39, 0.29) is 5.78 Å². The Morgan fingerprint density at radius 2 is 2.21 bits per heavy atom. The molecule has 1 aromatic carbocycles. The predicted octanol–water partition coefficient (Wildman–Crippen LogP) is 1.48. The van der Waals surface area contributed by atoms with E-state index >= 15 is 0 Å². The lowest BCUT2D eigenvalue weighted by Gasteiger charge is -2.18. The molecule has 0 saturated carbocycles. The first-order valence-electron chi connectivity index (χ1n) is 6.81. The molecule has 4 heteroatoms. The molecular weight excluding hydrogens is 240 g/mol. The summed E-state index contributed by atoms with van der Waals surface area (Å²) in [5.74, 6) is 1.02. The molecule has 0 aromatic heterocycles. The van der Waals surface area contributed by atoms with Gasteiger partial charge in [-0.1, -0.05) is 0 Å². The highest BCUT2D eigenvalue weighted by molar-refractivity contribution is 5.97. The Balaban J connectivity index is 2.00. The van der Waals surface area contributed by atoms with E-state index in [2.05, 4.69) is 10.2 Å². The number of ether oxygens (including phenoxy) is 1. The third kappa shape index (κ3) is 3.78. The third-order valence-electron chi connectivity index (χ3n) is 3.52. The zero-order chi connectivity index (χ0) is 13.7. The van der Waals surface area contributed by atoms with E-state index in [1.165, 1.54) is 0 Å². The number of carbonyl (C=O) groups is 1. The number of nitrogens with one attached hydrogen (secondary N) is 1. The fourth-order valence-electron chi connectivity index (χ4n) is 2.41. The molecule has 0 radical (unpaired) electrons. The molecule has 0 unspecified atom stereocenters. The Morgan fingerprint density at radius 1 is 1.37 bits per heavy atom. The molecule has 0 atom stereocenters. The number of Topliss-reactive ketones (excluding diaryl/α,β-unsaturated/α-hetero) is 1. The van der Waals surface area contributed by atoms with Crippen molar-refractivity contribution < 1.29 is 9.53 Å². The Labute approximate surface area is 114 Å². The lowest BCUT2D eigenvalue weighted by atomic mass is 10.1. The number of methoxy groups -OCH3 is 1. The van der Waals surface area contributed by atoms with Gasteiger partial charge in [-0.05, 0) is 50.2 Å². The average Bonchev–Trinajstić information content (AvgIpc) is 2.67. The van der Waals surface area contributed by atoms with Gasteiger partial charge < -0.3 is 10.1 Å². The van der Waals surface area contributed by atoms with Crippen molar-refractivity contribution in [2.24, 2.45) is 0 Å². The van der Waals surface area contributed by atoms with Crippen molar-refractivity contribution in [3.05, 3.63) is 29.3 Å². The molecule has 1 saturated heterocycles. The van der Waals surface area contributed by atoms with Crippen LogP contribution < -0.4 is 10.1 Å². The van der Waals surface area contributed by atoms with Crippen LogP contribution in [-0.2, 0) is 0 Å². The molecule has 4 nitrogen and oxygen atoms in total. The predicted molar refractivity (Wildman–Crippen MR) is 76.0 cm³/mol. The second-order valence-electron chi connectivity index (χ2n) is 4.99. The lowest BCUT2D eigenvalue weighted by Crippen LogP contribution is -2.33. The van der Waals surface area contributed by atoms with Gasteiger partial charge in [-0.2, -0.15) is 0 Å². The van der Waals surface area contributed by atoms with Crippen LogP contribution in [0.15, 0.2) is 18.2 Å². The first-order chi connectivity index (χ1) is 9.20. The number of ketones is 1. The second kappa shape index (κ2) is 6.68. The van der Waals surface area contributed by atoms with Crippen LogP contribution in [0, 0.1) is 6.92 Å². The van der Waals surface area contributed by atoms with Gasteiger partial charge in [0.25, 0.3) is 0 Å². The maximum atomic E-state index is 12.3. The van der Waals surface area contributed by atoms with E-state index < -0.39 is 0 Å².